The van der Waals surface area contributed by atoms with E-state index in [-0.39, 0.29) is 28.7 Å². The summed E-state index contributed by atoms with van der Waals surface area (Å²) in [6, 6.07) is -0.152. The van der Waals surface area contributed by atoms with Gasteiger partial charge in [0.2, 0.25) is 5.91 Å². The summed E-state index contributed by atoms with van der Waals surface area (Å²) < 4.78 is 14.0. The first-order valence-electron chi connectivity index (χ1n) is 11.2. The molecule has 3 N–H and O–H groups in total. The molecule has 5 atom stereocenters. The topological polar surface area (TPSA) is 63.8 Å². The molecule has 0 aromatic rings. The highest BCUT2D eigenvalue weighted by molar-refractivity contribution is 6.30. The highest BCUT2D eigenvalue weighted by Gasteiger charge is 2.34. The van der Waals surface area contributed by atoms with Crippen LogP contribution in [-0.4, -0.2) is 53.5 Å². The molecule has 172 valence electrons. The van der Waals surface area contributed by atoms with E-state index < -0.39 is 6.17 Å². The molecule has 1 saturated heterocycles. The van der Waals surface area contributed by atoms with Gasteiger partial charge in [-0.1, -0.05) is 43.7 Å². The second-order valence-corrected chi connectivity index (χ2v) is 10.3. The van der Waals surface area contributed by atoms with Crippen molar-refractivity contribution in [1.82, 2.24) is 10.2 Å². The molecule has 3 rings (SSSR count). The number of alkyl halides is 2. The van der Waals surface area contributed by atoms with Crippen LogP contribution in [0.3, 0.4) is 0 Å². The van der Waals surface area contributed by atoms with E-state index in [9.17, 15) is 9.18 Å². The Hall–Kier alpha value is -0.620. The van der Waals surface area contributed by atoms with Gasteiger partial charge in [0, 0.05) is 24.7 Å². The van der Waals surface area contributed by atoms with Crippen molar-refractivity contribution in [1.29, 1.82) is 0 Å². The van der Waals surface area contributed by atoms with E-state index in [2.05, 4.69) is 31.3 Å². The van der Waals surface area contributed by atoms with Crippen LogP contribution in [-0.2, 0) is 4.79 Å². The number of amides is 1. The van der Waals surface area contributed by atoms with Crippen LogP contribution in [0.5, 0.6) is 0 Å². The van der Waals surface area contributed by atoms with E-state index in [1.807, 2.05) is 11.0 Å². The van der Waals surface area contributed by atoms with Gasteiger partial charge >= 0.3 is 0 Å². The second kappa shape index (κ2) is 11.8. The third-order valence-electron chi connectivity index (χ3n) is 6.88. The number of hydrogen-bond acceptors (Lipinski definition) is 2. The molecule has 1 heterocycles. The molecule has 0 saturated carbocycles. The van der Waals surface area contributed by atoms with Crippen molar-refractivity contribution in [2.75, 3.05) is 19.6 Å². The maximum atomic E-state index is 14.0. The zero-order chi connectivity index (χ0) is 21.0. The monoisotopic (exact) mass is 462 g/mol. The summed E-state index contributed by atoms with van der Waals surface area (Å²) in [5, 5.41) is 4.05. The fourth-order valence-electron chi connectivity index (χ4n) is 4.94. The Kier molecular flexibility index (Phi) is 10.1. The summed E-state index contributed by atoms with van der Waals surface area (Å²) in [4.78, 5) is 15.2. The SMILES string of the molecule is CC(C)[C@@H](NCC1C=CC(Cl)CC1)C(=O)N1CCC(C2CC=C(Cl)C(F)C2)CC1.O. The van der Waals surface area contributed by atoms with Gasteiger partial charge in [-0.05, 0) is 62.2 Å². The second-order valence-electron chi connectivity index (χ2n) is 9.32. The Balaban J connectivity index is 0.00000320. The highest BCUT2D eigenvalue weighted by atomic mass is 35.5. The van der Waals surface area contributed by atoms with Gasteiger partial charge in [0.15, 0.2) is 0 Å². The Labute approximate surface area is 190 Å². The van der Waals surface area contributed by atoms with Crippen LogP contribution < -0.4 is 5.32 Å². The lowest BCUT2D eigenvalue weighted by Gasteiger charge is -2.39. The minimum atomic E-state index is -1.01. The molecule has 3 aliphatic rings. The summed E-state index contributed by atoms with van der Waals surface area (Å²) in [6.07, 6.45) is 10.5. The Morgan fingerprint density at radius 3 is 2.47 bits per heavy atom. The number of carbonyl (C=O) groups is 1. The molecule has 0 aromatic heterocycles. The number of hydrogen-bond donors (Lipinski definition) is 1. The lowest BCUT2D eigenvalue weighted by molar-refractivity contribution is -0.136. The third-order valence-corrected chi connectivity index (χ3v) is 7.64. The Morgan fingerprint density at radius 1 is 1.20 bits per heavy atom. The average Bonchev–Trinajstić information content (AvgIpc) is 2.71. The summed E-state index contributed by atoms with van der Waals surface area (Å²) >= 11 is 12.0. The van der Waals surface area contributed by atoms with Crippen molar-refractivity contribution < 1.29 is 14.7 Å². The molecule has 1 aliphatic heterocycles. The number of nitrogens with zero attached hydrogens (tertiary/aromatic N) is 1. The first kappa shape index (κ1) is 25.6. The van der Waals surface area contributed by atoms with Gasteiger partial charge in [-0.25, -0.2) is 4.39 Å². The Morgan fingerprint density at radius 2 is 1.90 bits per heavy atom. The number of carbonyl (C=O) groups excluding carboxylic acids is 1. The molecule has 7 heteroatoms. The first-order chi connectivity index (χ1) is 13.8. The summed E-state index contributed by atoms with van der Waals surface area (Å²) in [7, 11) is 0. The van der Waals surface area contributed by atoms with E-state index >= 15 is 0 Å². The average molecular weight is 463 g/mol. The molecule has 1 fully saturated rings. The molecule has 2 aliphatic carbocycles. The molecule has 30 heavy (non-hydrogen) atoms. The van der Waals surface area contributed by atoms with Crippen molar-refractivity contribution in [3.63, 3.8) is 0 Å². The predicted molar refractivity (Wildman–Crippen MR) is 123 cm³/mol. The predicted octanol–water partition coefficient (Wildman–Crippen LogP) is 4.46. The van der Waals surface area contributed by atoms with E-state index in [4.69, 9.17) is 23.2 Å². The molecule has 0 radical (unpaired) electrons. The van der Waals surface area contributed by atoms with Crippen LogP contribution in [0.4, 0.5) is 4.39 Å². The zero-order valence-electron chi connectivity index (χ0n) is 18.1. The third kappa shape index (κ3) is 6.69. The van der Waals surface area contributed by atoms with E-state index in [0.29, 0.717) is 29.2 Å². The lowest BCUT2D eigenvalue weighted by atomic mass is 9.77. The zero-order valence-corrected chi connectivity index (χ0v) is 19.6. The fraction of sp³-hybridized carbons (Fsp3) is 0.783. The number of rotatable bonds is 6. The van der Waals surface area contributed by atoms with Crippen LogP contribution in [0.15, 0.2) is 23.3 Å². The number of likely N-dealkylation sites (tertiary alicyclic amines) is 1. The van der Waals surface area contributed by atoms with Crippen molar-refractivity contribution >= 4 is 29.1 Å². The van der Waals surface area contributed by atoms with Gasteiger partial charge in [-0.15, -0.1) is 11.6 Å². The van der Waals surface area contributed by atoms with Crippen LogP contribution >= 0.6 is 23.2 Å². The quantitative estimate of drug-likeness (QED) is 0.467. The largest absolute Gasteiger partial charge is 0.412 e. The van der Waals surface area contributed by atoms with Gasteiger partial charge in [0.05, 0.1) is 11.4 Å². The van der Waals surface area contributed by atoms with Crippen LogP contribution in [0.2, 0.25) is 0 Å². The molecule has 4 nitrogen and oxygen atoms in total. The van der Waals surface area contributed by atoms with Crippen LogP contribution in [0, 0.1) is 23.7 Å². The molecule has 0 bridgehead atoms. The van der Waals surface area contributed by atoms with Crippen LogP contribution in [0.25, 0.3) is 0 Å². The maximum Gasteiger partial charge on any atom is 0.239 e. The van der Waals surface area contributed by atoms with Gasteiger partial charge in [0.1, 0.15) is 6.17 Å². The first-order valence-corrected chi connectivity index (χ1v) is 12.0. The van der Waals surface area contributed by atoms with E-state index in [1.165, 1.54) is 0 Å². The number of halogens is 3. The lowest BCUT2D eigenvalue weighted by Crippen LogP contribution is -2.52. The van der Waals surface area contributed by atoms with Crippen molar-refractivity contribution in [2.45, 2.75) is 70.0 Å². The number of allylic oxidation sites excluding steroid dienone is 3. The molecular weight excluding hydrogens is 426 g/mol. The molecule has 0 spiro atoms. The van der Waals surface area contributed by atoms with Crippen molar-refractivity contribution in [3.8, 4) is 0 Å². The fourth-order valence-corrected chi connectivity index (χ4v) is 5.33. The number of nitrogens with one attached hydrogen (secondary N) is 1. The molecule has 0 aromatic carbocycles. The van der Waals surface area contributed by atoms with Gasteiger partial charge in [-0.3, -0.25) is 4.79 Å². The van der Waals surface area contributed by atoms with Gasteiger partial charge in [-0.2, -0.15) is 0 Å². The summed E-state index contributed by atoms with van der Waals surface area (Å²) in [6.45, 7) is 6.58. The minimum absolute atomic E-state index is 0. The minimum Gasteiger partial charge on any atom is -0.412 e. The maximum absolute atomic E-state index is 14.0. The molecular formula is C23H37Cl2FN2O2. The van der Waals surface area contributed by atoms with E-state index in [1.54, 1.807) is 0 Å². The van der Waals surface area contributed by atoms with Gasteiger partial charge in [0.25, 0.3) is 0 Å². The van der Waals surface area contributed by atoms with Crippen molar-refractivity contribution in [2.24, 2.45) is 23.7 Å². The molecule has 4 unspecified atom stereocenters. The van der Waals surface area contributed by atoms with Gasteiger partial charge < -0.3 is 15.7 Å². The normalized spacial score (nSPS) is 31.3. The Bertz CT molecular complexity index is 620. The smallest absolute Gasteiger partial charge is 0.239 e. The highest BCUT2D eigenvalue weighted by Crippen LogP contribution is 2.37. The molecule has 1 amide bonds. The number of piperidine rings is 1. The van der Waals surface area contributed by atoms with E-state index in [0.717, 1.165) is 51.7 Å². The summed E-state index contributed by atoms with van der Waals surface area (Å²) in [5.74, 6) is 1.74. The summed E-state index contributed by atoms with van der Waals surface area (Å²) in [5.41, 5.74) is 0. The van der Waals surface area contributed by atoms with Crippen molar-refractivity contribution in [3.05, 3.63) is 23.3 Å². The standard InChI is InChI=1S/C23H35Cl2FN2O.H2O/c1-15(2)22(27-14-16-3-6-19(24)7-4-16)23(29)28-11-9-17(10-12-28)18-5-8-20(25)21(26)13-18;/h3,6,8,15-19,21-22,27H,4-5,7,9-14H2,1-2H3;1H2/t16?,18?,19?,21?,22-;/m1./s1. The van der Waals surface area contributed by atoms with Crippen LogP contribution in [0.1, 0.15) is 52.4 Å².